The second-order valence-electron chi connectivity index (χ2n) is 8.09. The monoisotopic (exact) mass is 424 g/mol. The fraction of sp³-hybridized carbons (Fsp3) is 0.185. The zero-order valence-corrected chi connectivity index (χ0v) is 17.6. The summed E-state index contributed by atoms with van der Waals surface area (Å²) in [4.78, 5) is 18.8. The van der Waals surface area contributed by atoms with E-state index < -0.39 is 12.0 Å². The van der Waals surface area contributed by atoms with Gasteiger partial charge in [-0.1, -0.05) is 48.5 Å². The number of carboxylic acid groups (broad SMARTS) is 1. The van der Waals surface area contributed by atoms with Crippen LogP contribution in [0.3, 0.4) is 0 Å². The number of ether oxygens (including phenoxy) is 1. The summed E-state index contributed by atoms with van der Waals surface area (Å²) in [6.07, 6.45) is 3.37. The van der Waals surface area contributed by atoms with Crippen LogP contribution in [-0.4, -0.2) is 33.5 Å². The summed E-state index contributed by atoms with van der Waals surface area (Å²) >= 11 is 0. The molecule has 1 fully saturated rings. The lowest BCUT2D eigenvalue weighted by atomic mass is 9.96. The second-order valence-corrected chi connectivity index (χ2v) is 8.09. The number of nitrogens with zero attached hydrogens (tertiary/aromatic N) is 2. The van der Waals surface area contributed by atoms with Crippen LogP contribution in [0.5, 0.6) is 11.5 Å². The first-order valence-corrected chi connectivity index (χ1v) is 10.9. The number of aromatic nitrogens is 1. The Morgan fingerprint density at radius 1 is 0.938 bits per heavy atom. The normalized spacial score (nSPS) is 17.3. The molecule has 0 saturated carbocycles. The first-order chi connectivity index (χ1) is 15.7. The van der Waals surface area contributed by atoms with Gasteiger partial charge in [-0.15, -0.1) is 0 Å². The minimum Gasteiger partial charge on any atom is -0.480 e. The van der Waals surface area contributed by atoms with Crippen molar-refractivity contribution in [2.45, 2.75) is 24.9 Å². The molecule has 0 radical (unpaired) electrons. The fourth-order valence-corrected chi connectivity index (χ4v) is 4.55. The zero-order valence-electron chi connectivity index (χ0n) is 17.6. The first kappa shape index (κ1) is 20.2. The van der Waals surface area contributed by atoms with Gasteiger partial charge in [0.25, 0.3) is 0 Å². The number of likely N-dealkylation sites (tertiary alicyclic amines) is 1. The maximum Gasteiger partial charge on any atom is 0.320 e. The molecule has 1 N–H and O–H groups in total. The molecular weight excluding hydrogens is 400 g/mol. The van der Waals surface area contributed by atoms with Gasteiger partial charge in [0.2, 0.25) is 0 Å². The van der Waals surface area contributed by atoms with E-state index in [9.17, 15) is 9.90 Å². The second kappa shape index (κ2) is 8.81. The number of carbonyl (C=O) groups is 1. The SMILES string of the molecule is O=C(O)C1CCCN1C(c1cccc(Oc2ccccc2)c1)c1cnc2ccccc2c1. The summed E-state index contributed by atoms with van der Waals surface area (Å²) < 4.78 is 6.06. The van der Waals surface area contributed by atoms with Crippen LogP contribution in [0.25, 0.3) is 10.9 Å². The first-order valence-electron chi connectivity index (χ1n) is 10.9. The molecule has 5 heteroatoms. The third kappa shape index (κ3) is 4.07. The molecule has 32 heavy (non-hydrogen) atoms. The standard InChI is InChI=1S/C27H24N2O3/c30-27(31)25-14-7-15-29(25)26(21-16-19-8-4-5-13-24(19)28-18-21)20-9-6-12-23(17-20)32-22-10-2-1-3-11-22/h1-6,8-13,16-18,25-26H,7,14-15H2,(H,30,31). The Kier molecular flexibility index (Phi) is 5.57. The average molecular weight is 425 g/mol. The number of fused-ring (bicyclic) bond motifs is 1. The van der Waals surface area contributed by atoms with Gasteiger partial charge in [0.05, 0.1) is 11.6 Å². The molecular formula is C27H24N2O3. The highest BCUT2D eigenvalue weighted by Gasteiger charge is 2.37. The van der Waals surface area contributed by atoms with Crippen molar-refractivity contribution in [2.75, 3.05) is 6.54 Å². The van der Waals surface area contributed by atoms with Crippen LogP contribution in [0.1, 0.15) is 30.0 Å². The number of aliphatic carboxylic acids is 1. The summed E-state index contributed by atoms with van der Waals surface area (Å²) in [5.74, 6) is 0.703. The molecule has 4 aromatic rings. The Labute approximate surface area is 186 Å². The zero-order chi connectivity index (χ0) is 21.9. The number of hydrogen-bond acceptors (Lipinski definition) is 4. The van der Waals surface area contributed by atoms with Crippen LogP contribution in [0.4, 0.5) is 0 Å². The molecule has 5 nitrogen and oxygen atoms in total. The van der Waals surface area contributed by atoms with Crippen molar-refractivity contribution in [3.8, 4) is 11.5 Å². The molecule has 5 rings (SSSR count). The van der Waals surface area contributed by atoms with Crippen LogP contribution in [0, 0.1) is 0 Å². The van der Waals surface area contributed by atoms with Crippen LogP contribution < -0.4 is 4.74 Å². The summed E-state index contributed by atoms with van der Waals surface area (Å²) in [7, 11) is 0. The average Bonchev–Trinajstić information content (AvgIpc) is 3.30. The van der Waals surface area contributed by atoms with Crippen molar-refractivity contribution in [1.82, 2.24) is 9.88 Å². The Morgan fingerprint density at radius 3 is 2.56 bits per heavy atom. The number of rotatable bonds is 6. The van der Waals surface area contributed by atoms with E-state index in [1.165, 1.54) is 0 Å². The van der Waals surface area contributed by atoms with Crippen molar-refractivity contribution in [1.29, 1.82) is 0 Å². The molecule has 1 aromatic heterocycles. The van der Waals surface area contributed by atoms with Gasteiger partial charge in [-0.25, -0.2) is 0 Å². The molecule has 0 spiro atoms. The van der Waals surface area contributed by atoms with Crippen molar-refractivity contribution < 1.29 is 14.6 Å². The van der Waals surface area contributed by atoms with Crippen molar-refractivity contribution in [3.05, 3.63) is 102 Å². The molecule has 0 bridgehead atoms. The fourth-order valence-electron chi connectivity index (χ4n) is 4.55. The number of pyridine rings is 1. The van der Waals surface area contributed by atoms with Crippen molar-refractivity contribution in [2.24, 2.45) is 0 Å². The third-order valence-corrected chi connectivity index (χ3v) is 5.99. The topological polar surface area (TPSA) is 62.7 Å². The van der Waals surface area contributed by atoms with Gasteiger partial charge in [-0.2, -0.15) is 0 Å². The van der Waals surface area contributed by atoms with E-state index in [2.05, 4.69) is 16.0 Å². The molecule has 0 aliphatic carbocycles. The van der Waals surface area contributed by atoms with Gasteiger partial charge in [0.1, 0.15) is 17.5 Å². The number of para-hydroxylation sites is 2. The maximum absolute atomic E-state index is 12.0. The smallest absolute Gasteiger partial charge is 0.320 e. The van der Waals surface area contributed by atoms with E-state index in [1.807, 2.05) is 85.1 Å². The van der Waals surface area contributed by atoms with Gasteiger partial charge in [-0.3, -0.25) is 14.7 Å². The van der Waals surface area contributed by atoms with Crippen LogP contribution in [-0.2, 0) is 4.79 Å². The molecule has 2 heterocycles. The predicted octanol–water partition coefficient (Wildman–Crippen LogP) is 5.67. The predicted molar refractivity (Wildman–Crippen MR) is 124 cm³/mol. The minimum atomic E-state index is -0.780. The molecule has 2 unspecified atom stereocenters. The third-order valence-electron chi connectivity index (χ3n) is 5.99. The quantitative estimate of drug-likeness (QED) is 0.432. The highest BCUT2D eigenvalue weighted by Crippen LogP contribution is 2.37. The summed E-state index contributed by atoms with van der Waals surface area (Å²) in [6.45, 7) is 0.720. The van der Waals surface area contributed by atoms with E-state index in [4.69, 9.17) is 4.74 Å². The summed E-state index contributed by atoms with van der Waals surface area (Å²) in [6, 6.07) is 26.9. The lowest BCUT2D eigenvalue weighted by Crippen LogP contribution is -2.39. The van der Waals surface area contributed by atoms with E-state index >= 15 is 0 Å². The van der Waals surface area contributed by atoms with Crippen LogP contribution in [0.15, 0.2) is 91.1 Å². The molecule has 0 amide bonds. The maximum atomic E-state index is 12.0. The van der Waals surface area contributed by atoms with Crippen LogP contribution >= 0.6 is 0 Å². The summed E-state index contributed by atoms with van der Waals surface area (Å²) in [5, 5.41) is 10.9. The van der Waals surface area contributed by atoms with Crippen LogP contribution in [0.2, 0.25) is 0 Å². The van der Waals surface area contributed by atoms with Gasteiger partial charge >= 0.3 is 5.97 Å². The molecule has 160 valence electrons. The summed E-state index contributed by atoms with van der Waals surface area (Å²) in [5.41, 5.74) is 2.89. The minimum absolute atomic E-state index is 0.227. The lowest BCUT2D eigenvalue weighted by Gasteiger charge is -2.32. The number of benzene rings is 3. The number of carboxylic acids is 1. The highest BCUT2D eigenvalue weighted by atomic mass is 16.5. The lowest BCUT2D eigenvalue weighted by molar-refractivity contribution is -0.142. The highest BCUT2D eigenvalue weighted by molar-refractivity contribution is 5.79. The Hall–Kier alpha value is -3.70. The molecule has 2 atom stereocenters. The molecule has 1 aliphatic heterocycles. The van der Waals surface area contributed by atoms with E-state index in [1.54, 1.807) is 0 Å². The van der Waals surface area contributed by atoms with Gasteiger partial charge in [0, 0.05) is 18.1 Å². The molecule has 3 aromatic carbocycles. The van der Waals surface area contributed by atoms with Crippen molar-refractivity contribution >= 4 is 16.9 Å². The van der Waals surface area contributed by atoms with Gasteiger partial charge in [0.15, 0.2) is 0 Å². The van der Waals surface area contributed by atoms with E-state index in [-0.39, 0.29) is 6.04 Å². The number of hydrogen-bond donors (Lipinski definition) is 1. The molecule has 1 aliphatic rings. The van der Waals surface area contributed by atoms with Crippen molar-refractivity contribution in [3.63, 3.8) is 0 Å². The Balaban J connectivity index is 1.58. The van der Waals surface area contributed by atoms with E-state index in [0.717, 1.165) is 46.5 Å². The Bertz CT molecular complexity index is 1240. The Morgan fingerprint density at radius 2 is 1.72 bits per heavy atom. The largest absolute Gasteiger partial charge is 0.480 e. The van der Waals surface area contributed by atoms with Gasteiger partial charge < -0.3 is 9.84 Å². The van der Waals surface area contributed by atoms with Gasteiger partial charge in [-0.05, 0) is 60.4 Å². The molecule has 1 saturated heterocycles. The van der Waals surface area contributed by atoms with E-state index in [0.29, 0.717) is 6.42 Å².